The van der Waals surface area contributed by atoms with Crippen molar-refractivity contribution in [2.45, 2.75) is 32.5 Å². The molecule has 2 aromatic heterocycles. The number of thiocarbonyl (C=S) groups is 1. The molecule has 4 rings (SSSR count). The van der Waals surface area contributed by atoms with Gasteiger partial charge in [0.05, 0.1) is 18.3 Å². The fourth-order valence-corrected chi connectivity index (χ4v) is 4.46. The molecule has 0 spiro atoms. The van der Waals surface area contributed by atoms with Crippen molar-refractivity contribution in [3.63, 3.8) is 0 Å². The van der Waals surface area contributed by atoms with Gasteiger partial charge in [-0.05, 0) is 73.6 Å². The SMILES string of the molecule is COCCn1cccc1[C@@H]1[C@H](c2ccccn2)NC(=S)N1c1cc(C)cc(C)c1. The summed E-state index contributed by atoms with van der Waals surface area (Å²) >= 11 is 5.82. The number of rotatable bonds is 6. The van der Waals surface area contributed by atoms with E-state index in [0.717, 1.165) is 23.0 Å². The number of aryl methyl sites for hydroxylation is 2. The standard InChI is InChI=1S/C23H26N4OS/c1-16-13-17(2)15-18(14-16)27-22(20-8-6-10-26(20)11-12-28-3)21(25-23(27)29)19-7-4-5-9-24-19/h4-10,13-15,21-22H,11-12H2,1-3H3,(H,25,29)/t21-,22+/m0/s1. The summed E-state index contributed by atoms with van der Waals surface area (Å²) in [6, 6.07) is 16.8. The molecule has 1 fully saturated rings. The largest absolute Gasteiger partial charge is 0.383 e. The van der Waals surface area contributed by atoms with E-state index in [4.69, 9.17) is 17.0 Å². The second-order valence-corrected chi connectivity index (χ2v) is 7.85. The first kappa shape index (κ1) is 19.6. The zero-order valence-electron chi connectivity index (χ0n) is 17.0. The summed E-state index contributed by atoms with van der Waals surface area (Å²) < 4.78 is 7.57. The van der Waals surface area contributed by atoms with Crippen molar-refractivity contribution >= 4 is 23.0 Å². The van der Waals surface area contributed by atoms with Gasteiger partial charge in [-0.25, -0.2) is 0 Å². The Bertz CT molecular complexity index is 981. The predicted octanol–water partition coefficient (Wildman–Crippen LogP) is 4.32. The average molecular weight is 407 g/mol. The molecule has 2 atom stereocenters. The zero-order valence-corrected chi connectivity index (χ0v) is 17.8. The number of anilines is 1. The van der Waals surface area contributed by atoms with Crippen molar-refractivity contribution in [2.75, 3.05) is 18.6 Å². The number of benzene rings is 1. The summed E-state index contributed by atoms with van der Waals surface area (Å²) in [5.74, 6) is 0. The van der Waals surface area contributed by atoms with Crippen LogP contribution in [0.2, 0.25) is 0 Å². The van der Waals surface area contributed by atoms with Crippen molar-refractivity contribution in [1.82, 2.24) is 14.9 Å². The molecule has 29 heavy (non-hydrogen) atoms. The summed E-state index contributed by atoms with van der Waals surface area (Å²) in [7, 11) is 1.73. The molecule has 0 saturated carbocycles. The maximum Gasteiger partial charge on any atom is 0.174 e. The molecule has 6 heteroatoms. The second kappa shape index (κ2) is 8.35. The molecule has 1 N–H and O–H groups in total. The van der Waals surface area contributed by atoms with E-state index in [1.165, 1.54) is 16.8 Å². The third kappa shape index (κ3) is 3.91. The first-order valence-electron chi connectivity index (χ1n) is 9.81. The van der Waals surface area contributed by atoms with Gasteiger partial charge in [0, 0.05) is 37.4 Å². The number of methoxy groups -OCH3 is 1. The molecule has 0 radical (unpaired) electrons. The molecule has 0 bridgehead atoms. The zero-order chi connectivity index (χ0) is 20.4. The second-order valence-electron chi connectivity index (χ2n) is 7.46. The number of pyridine rings is 1. The van der Waals surface area contributed by atoms with Crippen LogP contribution in [0.5, 0.6) is 0 Å². The molecule has 1 saturated heterocycles. The number of hydrogen-bond acceptors (Lipinski definition) is 3. The van der Waals surface area contributed by atoms with E-state index in [0.29, 0.717) is 6.61 Å². The minimum Gasteiger partial charge on any atom is -0.383 e. The Kier molecular flexibility index (Phi) is 5.65. The van der Waals surface area contributed by atoms with Gasteiger partial charge in [0.25, 0.3) is 0 Å². The fourth-order valence-electron chi connectivity index (χ4n) is 4.11. The number of nitrogens with one attached hydrogen (secondary N) is 1. The Labute approximate surface area is 177 Å². The van der Waals surface area contributed by atoms with Gasteiger partial charge in [0.15, 0.2) is 5.11 Å². The fraction of sp³-hybridized carbons (Fsp3) is 0.304. The van der Waals surface area contributed by atoms with Gasteiger partial charge in [-0.3, -0.25) is 4.98 Å². The van der Waals surface area contributed by atoms with Gasteiger partial charge in [-0.1, -0.05) is 12.1 Å². The van der Waals surface area contributed by atoms with Gasteiger partial charge >= 0.3 is 0 Å². The maximum absolute atomic E-state index is 5.82. The third-order valence-corrected chi connectivity index (χ3v) is 5.60. The lowest BCUT2D eigenvalue weighted by Crippen LogP contribution is -2.30. The molecule has 3 aromatic rings. The summed E-state index contributed by atoms with van der Waals surface area (Å²) in [5, 5.41) is 4.25. The molecule has 1 aromatic carbocycles. The molecule has 0 unspecified atom stereocenters. The van der Waals surface area contributed by atoms with Crippen LogP contribution in [0.4, 0.5) is 5.69 Å². The van der Waals surface area contributed by atoms with E-state index in [1.807, 2.05) is 18.3 Å². The van der Waals surface area contributed by atoms with E-state index in [-0.39, 0.29) is 12.1 Å². The van der Waals surface area contributed by atoms with Crippen LogP contribution < -0.4 is 10.2 Å². The van der Waals surface area contributed by atoms with E-state index < -0.39 is 0 Å². The lowest BCUT2D eigenvalue weighted by molar-refractivity contribution is 0.186. The van der Waals surface area contributed by atoms with Gasteiger partial charge in [-0.15, -0.1) is 0 Å². The van der Waals surface area contributed by atoms with Crippen molar-refractivity contribution in [3.05, 3.63) is 83.4 Å². The van der Waals surface area contributed by atoms with E-state index in [9.17, 15) is 0 Å². The number of ether oxygens (including phenoxy) is 1. The molecule has 1 aliphatic heterocycles. The van der Waals surface area contributed by atoms with Crippen molar-refractivity contribution in [3.8, 4) is 0 Å². The van der Waals surface area contributed by atoms with Crippen LogP contribution in [0.15, 0.2) is 60.9 Å². The van der Waals surface area contributed by atoms with Crippen LogP contribution in [0.1, 0.15) is 34.6 Å². The van der Waals surface area contributed by atoms with Crippen LogP contribution >= 0.6 is 12.2 Å². The highest BCUT2D eigenvalue weighted by Crippen LogP contribution is 2.42. The van der Waals surface area contributed by atoms with Crippen LogP contribution in [-0.2, 0) is 11.3 Å². The Balaban J connectivity index is 1.83. The van der Waals surface area contributed by atoms with Gasteiger partial charge in [0.2, 0.25) is 0 Å². The van der Waals surface area contributed by atoms with Crippen LogP contribution in [0.25, 0.3) is 0 Å². The van der Waals surface area contributed by atoms with Gasteiger partial charge in [0.1, 0.15) is 6.04 Å². The molecule has 150 valence electrons. The first-order chi connectivity index (χ1) is 14.1. The predicted molar refractivity (Wildman–Crippen MR) is 120 cm³/mol. The van der Waals surface area contributed by atoms with E-state index in [2.05, 4.69) is 76.2 Å². The maximum atomic E-state index is 5.82. The average Bonchev–Trinajstić information content (AvgIpc) is 3.29. The van der Waals surface area contributed by atoms with Crippen molar-refractivity contribution in [1.29, 1.82) is 0 Å². The number of nitrogens with zero attached hydrogens (tertiary/aromatic N) is 3. The number of aromatic nitrogens is 2. The summed E-state index contributed by atoms with van der Waals surface area (Å²) in [4.78, 5) is 6.86. The lowest BCUT2D eigenvalue weighted by atomic mass is 10.00. The highest BCUT2D eigenvalue weighted by molar-refractivity contribution is 7.80. The quantitative estimate of drug-likeness (QED) is 0.618. The third-order valence-electron chi connectivity index (χ3n) is 5.29. The lowest BCUT2D eigenvalue weighted by Gasteiger charge is -2.29. The molecule has 0 amide bonds. The monoisotopic (exact) mass is 406 g/mol. The highest BCUT2D eigenvalue weighted by Gasteiger charge is 2.42. The van der Waals surface area contributed by atoms with Gasteiger partial charge in [-0.2, -0.15) is 0 Å². The van der Waals surface area contributed by atoms with E-state index >= 15 is 0 Å². The number of hydrogen-bond donors (Lipinski definition) is 1. The first-order valence-corrected chi connectivity index (χ1v) is 10.2. The smallest absolute Gasteiger partial charge is 0.174 e. The van der Waals surface area contributed by atoms with Crippen molar-refractivity contribution in [2.24, 2.45) is 0 Å². The molecule has 5 nitrogen and oxygen atoms in total. The highest BCUT2D eigenvalue weighted by atomic mass is 32.1. The van der Waals surface area contributed by atoms with E-state index in [1.54, 1.807) is 7.11 Å². The van der Waals surface area contributed by atoms with Gasteiger partial charge < -0.3 is 19.5 Å². The topological polar surface area (TPSA) is 42.3 Å². The summed E-state index contributed by atoms with van der Waals surface area (Å²) in [5.41, 5.74) is 5.70. The Morgan fingerprint density at radius 1 is 1.10 bits per heavy atom. The molecular formula is C23H26N4OS. The minimum absolute atomic E-state index is 0.00884. The molecular weight excluding hydrogens is 380 g/mol. The molecule has 1 aliphatic rings. The molecule has 0 aliphatic carbocycles. The Hall–Kier alpha value is -2.70. The van der Waals surface area contributed by atoms with Crippen LogP contribution in [0.3, 0.4) is 0 Å². The normalized spacial score (nSPS) is 18.9. The molecule has 3 heterocycles. The minimum atomic E-state index is -0.0410. The van der Waals surface area contributed by atoms with Crippen LogP contribution in [-0.4, -0.2) is 28.4 Å². The Morgan fingerprint density at radius 3 is 2.59 bits per heavy atom. The van der Waals surface area contributed by atoms with Crippen LogP contribution in [0, 0.1) is 13.8 Å². The summed E-state index contributed by atoms with van der Waals surface area (Å²) in [6.07, 6.45) is 3.94. The van der Waals surface area contributed by atoms with Crippen molar-refractivity contribution < 1.29 is 4.74 Å². The Morgan fingerprint density at radius 2 is 1.90 bits per heavy atom. The summed E-state index contributed by atoms with van der Waals surface area (Å²) in [6.45, 7) is 5.69.